The topological polar surface area (TPSA) is 0 Å². The molecule has 0 bridgehead atoms. The Hall–Kier alpha value is -1.46. The molecule has 0 heterocycles. The molecule has 1 aliphatic rings. The van der Waals surface area contributed by atoms with Crippen LogP contribution in [0.3, 0.4) is 0 Å². The molecule has 0 nitrogen and oxygen atoms in total. The molecule has 0 amide bonds. The van der Waals surface area contributed by atoms with Gasteiger partial charge >= 0.3 is 41.3 Å². The maximum atomic E-state index is 3.48. The quantitative estimate of drug-likeness (QED) is 0.320. The molecule has 1 heteroatoms. The molecule has 3 aromatic carbocycles. The first-order valence-corrected chi connectivity index (χ1v) is 11.8. The number of hydrogen-bond acceptors (Lipinski definition) is 0. The molecule has 1 aliphatic carbocycles. The first-order chi connectivity index (χ1) is 13.6. The van der Waals surface area contributed by atoms with Crippen LogP contribution in [0.4, 0.5) is 0 Å². The third-order valence-electron chi connectivity index (χ3n) is 4.83. The maximum absolute atomic E-state index is 3.48. The van der Waals surface area contributed by atoms with Crippen molar-refractivity contribution >= 4 is 24.8 Å². The van der Waals surface area contributed by atoms with Crippen LogP contribution < -0.4 is 0 Å². The van der Waals surface area contributed by atoms with Crippen molar-refractivity contribution in [1.29, 1.82) is 0 Å². The van der Waals surface area contributed by atoms with Gasteiger partial charge in [0.25, 0.3) is 0 Å². The Kier molecular flexibility index (Phi) is 8.65. The molecule has 29 heavy (non-hydrogen) atoms. The summed E-state index contributed by atoms with van der Waals surface area (Å²) in [6, 6.07) is 19.3. The molecule has 0 saturated heterocycles. The van der Waals surface area contributed by atoms with Gasteiger partial charge in [-0.2, -0.15) is 11.6 Å². The van der Waals surface area contributed by atoms with Crippen LogP contribution in [0.25, 0.3) is 21.5 Å². The molecule has 0 fully saturated rings. The SMILES string of the molecule is CCC1=[C-]C(C)C=C1C(C)(C)C.C[C](C)=[Zr+2].c1ccc2c(c1)[cH-]c1ccccc12. The van der Waals surface area contributed by atoms with E-state index in [0.29, 0.717) is 11.3 Å². The van der Waals surface area contributed by atoms with Crippen molar-refractivity contribution in [3.63, 3.8) is 0 Å². The second kappa shape index (κ2) is 10.5. The monoisotopic (exact) mass is 460 g/mol. The molecular weight excluding hydrogens is 428 g/mol. The Balaban J connectivity index is 0.000000176. The van der Waals surface area contributed by atoms with Crippen molar-refractivity contribution in [3.05, 3.63) is 77.9 Å². The summed E-state index contributed by atoms with van der Waals surface area (Å²) >= 11 is 1.55. The first-order valence-electron chi connectivity index (χ1n) is 10.5. The van der Waals surface area contributed by atoms with E-state index in [4.69, 9.17) is 0 Å². The number of fused-ring (bicyclic) bond motifs is 3. The Labute approximate surface area is 192 Å². The van der Waals surface area contributed by atoms with Gasteiger partial charge in [-0.15, -0.1) is 39.7 Å². The Morgan fingerprint density at radius 3 is 1.79 bits per heavy atom. The minimum Gasteiger partial charge on any atom is -0.126 e. The summed E-state index contributed by atoms with van der Waals surface area (Å²) in [6.45, 7) is 15.5. The van der Waals surface area contributed by atoms with E-state index in [-0.39, 0.29) is 0 Å². The number of allylic oxidation sites excluding steroid dienone is 4. The minimum absolute atomic E-state index is 0.295. The van der Waals surface area contributed by atoms with E-state index in [9.17, 15) is 0 Å². The standard InChI is InChI=1S/C13H9.C12H19.C3H6.Zr/c1-3-7-12-10(5-1)9-11-6-2-4-8-13(11)12;1-6-10-7-9(2)8-11(10)12(3,4)5;1-3-2;/h1-9H;8-9H,6H2,1-5H3;1-2H3;/q2*-1;;+2. The van der Waals surface area contributed by atoms with Crippen molar-refractivity contribution in [3.8, 4) is 0 Å². The molecule has 0 N–H and O–H groups in total. The Morgan fingerprint density at radius 1 is 0.966 bits per heavy atom. The third-order valence-corrected chi connectivity index (χ3v) is 4.83. The Morgan fingerprint density at radius 2 is 1.41 bits per heavy atom. The van der Waals surface area contributed by atoms with Crippen molar-refractivity contribution in [1.82, 2.24) is 0 Å². The van der Waals surface area contributed by atoms with Gasteiger partial charge in [0.1, 0.15) is 0 Å². The fourth-order valence-corrected chi connectivity index (χ4v) is 3.64. The second-order valence-electron chi connectivity index (χ2n) is 8.91. The van der Waals surface area contributed by atoms with E-state index in [1.807, 2.05) is 0 Å². The van der Waals surface area contributed by atoms with E-state index in [1.54, 1.807) is 24.2 Å². The summed E-state index contributed by atoms with van der Waals surface area (Å²) in [6.07, 6.45) is 6.95. The van der Waals surface area contributed by atoms with Crippen LogP contribution >= 0.6 is 0 Å². The average Bonchev–Trinajstić information content (AvgIpc) is 3.22. The van der Waals surface area contributed by atoms with Crippen molar-refractivity contribution in [2.75, 3.05) is 0 Å². The summed E-state index contributed by atoms with van der Waals surface area (Å²) < 4.78 is 1.51. The van der Waals surface area contributed by atoms with E-state index < -0.39 is 0 Å². The summed E-state index contributed by atoms with van der Waals surface area (Å²) in [5.41, 5.74) is 3.22. The predicted molar refractivity (Wildman–Crippen MR) is 127 cm³/mol. The molecule has 1 atom stereocenters. The summed E-state index contributed by atoms with van der Waals surface area (Å²) in [5, 5.41) is 5.39. The van der Waals surface area contributed by atoms with Gasteiger partial charge in [-0.25, -0.2) is 5.57 Å². The summed E-state index contributed by atoms with van der Waals surface area (Å²) in [7, 11) is 0. The molecule has 0 spiro atoms. The van der Waals surface area contributed by atoms with Gasteiger partial charge in [0, 0.05) is 0 Å². The van der Waals surface area contributed by atoms with Gasteiger partial charge < -0.3 is 0 Å². The van der Waals surface area contributed by atoms with Gasteiger partial charge in [-0.05, 0) is 0 Å². The molecule has 0 saturated carbocycles. The zero-order valence-corrected chi connectivity index (χ0v) is 21.5. The van der Waals surface area contributed by atoms with Gasteiger partial charge in [0.2, 0.25) is 0 Å². The number of hydrogen-bond donors (Lipinski definition) is 0. The fourth-order valence-electron chi connectivity index (χ4n) is 3.64. The van der Waals surface area contributed by atoms with Gasteiger partial charge in [-0.1, -0.05) is 88.8 Å². The normalized spacial score (nSPS) is 15.8. The third kappa shape index (κ3) is 6.79. The van der Waals surface area contributed by atoms with Crippen LogP contribution in [-0.4, -0.2) is 3.21 Å². The van der Waals surface area contributed by atoms with Crippen LogP contribution in [0.1, 0.15) is 54.9 Å². The zero-order valence-electron chi connectivity index (χ0n) is 19.1. The molecule has 150 valence electrons. The number of benzene rings is 2. The summed E-state index contributed by atoms with van der Waals surface area (Å²) in [4.78, 5) is 0. The molecule has 1 unspecified atom stereocenters. The van der Waals surface area contributed by atoms with Crippen LogP contribution in [0, 0.1) is 17.4 Å². The zero-order chi connectivity index (χ0) is 21.6. The van der Waals surface area contributed by atoms with Crippen LogP contribution in [0.2, 0.25) is 0 Å². The molecule has 0 aliphatic heterocycles. The van der Waals surface area contributed by atoms with Crippen molar-refractivity contribution in [2.24, 2.45) is 11.3 Å². The van der Waals surface area contributed by atoms with Gasteiger partial charge in [0.05, 0.1) is 0 Å². The molecule has 0 radical (unpaired) electrons. The maximum Gasteiger partial charge on any atom is -0.0771 e. The minimum atomic E-state index is 0.295. The van der Waals surface area contributed by atoms with E-state index in [0.717, 1.165) is 6.42 Å². The van der Waals surface area contributed by atoms with E-state index in [2.05, 4.69) is 115 Å². The smallest absolute Gasteiger partial charge is 0.0771 e. The van der Waals surface area contributed by atoms with Crippen LogP contribution in [-0.2, 0) is 24.2 Å². The van der Waals surface area contributed by atoms with Crippen LogP contribution in [0.5, 0.6) is 0 Å². The number of rotatable bonds is 1. The fraction of sp³-hybridized carbons (Fsp3) is 0.357. The van der Waals surface area contributed by atoms with Crippen molar-refractivity contribution in [2.45, 2.75) is 54.9 Å². The largest absolute Gasteiger partial charge is 0.126 e. The van der Waals surface area contributed by atoms with E-state index in [1.165, 1.54) is 35.9 Å². The molecular formula is C28H34Zr. The van der Waals surface area contributed by atoms with Crippen molar-refractivity contribution < 1.29 is 24.2 Å². The average molecular weight is 462 g/mol. The summed E-state index contributed by atoms with van der Waals surface area (Å²) in [5.74, 6) is 0.522. The predicted octanol–water partition coefficient (Wildman–Crippen LogP) is 8.21. The first kappa shape index (κ1) is 23.8. The van der Waals surface area contributed by atoms with Crippen LogP contribution in [0.15, 0.2) is 71.8 Å². The van der Waals surface area contributed by atoms with E-state index >= 15 is 0 Å². The molecule has 0 aromatic heterocycles. The second-order valence-corrected chi connectivity index (χ2v) is 11.4. The van der Waals surface area contributed by atoms with Gasteiger partial charge in [0.15, 0.2) is 0 Å². The Bertz CT molecular complexity index is 967. The molecule has 3 aromatic rings. The molecule has 4 rings (SSSR count). The van der Waals surface area contributed by atoms with Gasteiger partial charge in [-0.3, -0.25) is 6.08 Å².